The number of thioether (sulfide) groups is 1. The number of hydrogen-bond donors (Lipinski definition) is 0. The van der Waals surface area contributed by atoms with E-state index < -0.39 is 0 Å². The number of benzene rings is 1. The van der Waals surface area contributed by atoms with Crippen molar-refractivity contribution in [2.45, 2.75) is 38.5 Å². The maximum atomic E-state index is 12.3. The van der Waals surface area contributed by atoms with Crippen molar-refractivity contribution in [1.82, 2.24) is 0 Å². The molecule has 8 heteroatoms. The summed E-state index contributed by atoms with van der Waals surface area (Å²) >= 11 is 4.89. The van der Waals surface area contributed by atoms with Crippen LogP contribution >= 0.6 is 27.7 Å². The molecule has 0 amide bonds. The Kier molecular flexibility index (Phi) is 9.96. The maximum absolute atomic E-state index is 12.3. The molecule has 1 aromatic carbocycles. The zero-order valence-corrected chi connectivity index (χ0v) is 21.0. The number of carbonyl (C=O) groups excluding carboxylic acids is 2. The molecule has 1 aliphatic rings. The summed E-state index contributed by atoms with van der Waals surface area (Å²) in [5.41, 5.74) is 4.00. The molecule has 1 unspecified atom stereocenters. The van der Waals surface area contributed by atoms with Gasteiger partial charge in [0.25, 0.3) is 0 Å². The molecule has 0 saturated carbocycles. The molecule has 6 nitrogen and oxygen atoms in total. The highest BCUT2D eigenvalue weighted by atomic mass is 79.9. The van der Waals surface area contributed by atoms with Crippen LogP contribution in [0.15, 0.2) is 23.8 Å². The van der Waals surface area contributed by atoms with E-state index in [1.165, 1.54) is 7.11 Å². The Morgan fingerprint density at radius 3 is 2.55 bits per heavy atom. The Morgan fingerprint density at radius 2 is 1.94 bits per heavy atom. The van der Waals surface area contributed by atoms with Gasteiger partial charge in [0, 0.05) is 22.2 Å². The van der Waals surface area contributed by atoms with Gasteiger partial charge in [0.15, 0.2) is 0 Å². The third kappa shape index (κ3) is 6.07. The van der Waals surface area contributed by atoms with E-state index in [1.807, 2.05) is 32.1 Å². The second-order valence-corrected chi connectivity index (χ2v) is 8.91. The van der Waals surface area contributed by atoms with Gasteiger partial charge < -0.3 is 18.9 Å². The van der Waals surface area contributed by atoms with Gasteiger partial charge in [-0.05, 0) is 32.3 Å². The standard InChI is InChI=1S/C23H29BrO6S/c1-14(12-18(22(25)29-5)31-11-7-6-10-24)8-9-16-20(27-3)15(2)17-13-30-23(26)19(17)21(16)28-4/h6-8,18H,9-13H2,1-5H3/b7-6+,14-8+. The van der Waals surface area contributed by atoms with Crippen LogP contribution in [0.4, 0.5) is 0 Å². The first-order valence-corrected chi connectivity index (χ1v) is 12.1. The minimum absolute atomic E-state index is 0.226. The van der Waals surface area contributed by atoms with Gasteiger partial charge in [0.2, 0.25) is 0 Å². The van der Waals surface area contributed by atoms with Gasteiger partial charge in [-0.15, -0.1) is 11.8 Å². The Hall–Kier alpha value is -1.93. The highest BCUT2D eigenvalue weighted by Gasteiger charge is 2.32. The Morgan fingerprint density at radius 1 is 1.23 bits per heavy atom. The number of rotatable bonds is 11. The van der Waals surface area contributed by atoms with E-state index in [0.717, 1.165) is 33.3 Å². The molecule has 0 aromatic heterocycles. The molecule has 1 atom stereocenters. The van der Waals surface area contributed by atoms with Gasteiger partial charge in [-0.3, -0.25) is 4.79 Å². The molecule has 1 aliphatic heterocycles. The maximum Gasteiger partial charge on any atom is 0.342 e. The molecule has 2 rings (SSSR count). The van der Waals surface area contributed by atoms with E-state index in [1.54, 1.807) is 26.0 Å². The zero-order chi connectivity index (χ0) is 23.0. The summed E-state index contributed by atoms with van der Waals surface area (Å²) in [6.07, 6.45) is 7.13. The van der Waals surface area contributed by atoms with Crippen LogP contribution in [0.1, 0.15) is 40.4 Å². The number of hydrogen-bond acceptors (Lipinski definition) is 7. The molecule has 0 N–H and O–H groups in total. The number of alkyl halides is 1. The number of carbonyl (C=O) groups is 2. The SMILES string of the molecule is COC(=O)C(C/C(C)=C/Cc1c(OC)c(C)c2c(c1OC)C(=O)OC2)SC/C=C/CBr. The highest BCUT2D eigenvalue weighted by molar-refractivity contribution is 9.09. The van der Waals surface area contributed by atoms with Gasteiger partial charge in [0.1, 0.15) is 28.9 Å². The fourth-order valence-electron chi connectivity index (χ4n) is 3.53. The van der Waals surface area contributed by atoms with Crippen molar-refractivity contribution < 1.29 is 28.5 Å². The molecule has 0 bridgehead atoms. The van der Waals surface area contributed by atoms with E-state index in [9.17, 15) is 9.59 Å². The first-order valence-electron chi connectivity index (χ1n) is 9.88. The van der Waals surface area contributed by atoms with Gasteiger partial charge in [0.05, 0.1) is 21.3 Å². The lowest BCUT2D eigenvalue weighted by atomic mass is 9.94. The molecule has 0 fully saturated rings. The molecule has 1 heterocycles. The highest BCUT2D eigenvalue weighted by Crippen LogP contribution is 2.42. The fourth-order valence-corrected chi connectivity index (χ4v) is 4.89. The minimum atomic E-state index is -0.377. The molecule has 0 radical (unpaired) electrons. The van der Waals surface area contributed by atoms with Crippen LogP contribution in [-0.4, -0.2) is 49.6 Å². The van der Waals surface area contributed by atoms with Gasteiger partial charge in [-0.2, -0.15) is 0 Å². The van der Waals surface area contributed by atoms with Crippen LogP contribution in [0.3, 0.4) is 0 Å². The fraction of sp³-hybridized carbons (Fsp3) is 0.478. The topological polar surface area (TPSA) is 71.1 Å². The molecule has 0 spiro atoms. The Labute approximate surface area is 196 Å². The second-order valence-electron chi connectivity index (χ2n) is 7.03. The van der Waals surface area contributed by atoms with Crippen LogP contribution in [0.25, 0.3) is 0 Å². The van der Waals surface area contributed by atoms with Crippen molar-refractivity contribution in [1.29, 1.82) is 0 Å². The van der Waals surface area contributed by atoms with Gasteiger partial charge in [-0.1, -0.05) is 39.7 Å². The third-order valence-corrected chi connectivity index (χ3v) is 6.63. The van der Waals surface area contributed by atoms with Crippen LogP contribution in [0.2, 0.25) is 0 Å². The van der Waals surface area contributed by atoms with E-state index >= 15 is 0 Å². The zero-order valence-electron chi connectivity index (χ0n) is 18.6. The van der Waals surface area contributed by atoms with Crippen LogP contribution in [-0.2, 0) is 27.3 Å². The molecule has 31 heavy (non-hydrogen) atoms. The van der Waals surface area contributed by atoms with Crippen molar-refractivity contribution >= 4 is 39.6 Å². The van der Waals surface area contributed by atoms with E-state index in [-0.39, 0.29) is 23.8 Å². The molecular weight excluding hydrogens is 484 g/mol. The number of fused-ring (bicyclic) bond motifs is 1. The summed E-state index contributed by atoms with van der Waals surface area (Å²) in [5.74, 6) is 1.29. The van der Waals surface area contributed by atoms with E-state index in [0.29, 0.717) is 29.9 Å². The van der Waals surface area contributed by atoms with Crippen LogP contribution in [0.5, 0.6) is 11.5 Å². The van der Waals surface area contributed by atoms with Gasteiger partial charge in [-0.25, -0.2) is 4.79 Å². The van der Waals surface area contributed by atoms with Crippen LogP contribution < -0.4 is 9.47 Å². The van der Waals surface area contributed by atoms with Crippen molar-refractivity contribution in [3.8, 4) is 11.5 Å². The average molecular weight is 513 g/mol. The quantitative estimate of drug-likeness (QED) is 0.240. The molecule has 1 aromatic rings. The van der Waals surface area contributed by atoms with Crippen molar-refractivity contribution in [2.75, 3.05) is 32.4 Å². The third-order valence-electron chi connectivity index (χ3n) is 5.11. The number of allylic oxidation sites excluding steroid dienone is 3. The van der Waals surface area contributed by atoms with Gasteiger partial charge >= 0.3 is 11.9 Å². The predicted octanol–water partition coefficient (Wildman–Crippen LogP) is 4.79. The molecule has 0 aliphatic carbocycles. The van der Waals surface area contributed by atoms with E-state index in [2.05, 4.69) is 15.9 Å². The minimum Gasteiger partial charge on any atom is -0.496 e. The van der Waals surface area contributed by atoms with Crippen LogP contribution in [0, 0.1) is 6.92 Å². The number of methoxy groups -OCH3 is 3. The number of ether oxygens (including phenoxy) is 4. The second kappa shape index (κ2) is 12.2. The number of esters is 2. The summed E-state index contributed by atoms with van der Waals surface area (Å²) in [4.78, 5) is 24.5. The summed E-state index contributed by atoms with van der Waals surface area (Å²) in [6.45, 7) is 4.13. The lowest BCUT2D eigenvalue weighted by molar-refractivity contribution is -0.139. The monoisotopic (exact) mass is 512 g/mol. The van der Waals surface area contributed by atoms with Crippen molar-refractivity contribution in [2.24, 2.45) is 0 Å². The predicted molar refractivity (Wildman–Crippen MR) is 127 cm³/mol. The molecule has 170 valence electrons. The van der Waals surface area contributed by atoms with E-state index in [4.69, 9.17) is 18.9 Å². The summed E-state index contributed by atoms with van der Waals surface area (Å²) in [7, 11) is 4.56. The Bertz CT molecular complexity index is 878. The number of cyclic esters (lactones) is 1. The van der Waals surface area contributed by atoms with Crippen molar-refractivity contribution in [3.05, 3.63) is 46.1 Å². The summed E-state index contributed by atoms with van der Waals surface area (Å²) < 4.78 is 21.5. The first kappa shape index (κ1) is 25.3. The molecular formula is C23H29BrO6S. The lowest BCUT2D eigenvalue weighted by Gasteiger charge is -2.18. The lowest BCUT2D eigenvalue weighted by Crippen LogP contribution is -2.19. The average Bonchev–Trinajstić information content (AvgIpc) is 3.15. The summed E-state index contributed by atoms with van der Waals surface area (Å²) in [6, 6.07) is 0. The first-order chi connectivity index (χ1) is 14.9. The largest absolute Gasteiger partial charge is 0.496 e. The summed E-state index contributed by atoms with van der Waals surface area (Å²) in [5, 5.41) is 0.494. The smallest absolute Gasteiger partial charge is 0.342 e. The Balaban J connectivity index is 2.27. The molecule has 0 saturated heterocycles. The number of halogens is 1. The normalized spacial score (nSPS) is 14.4. The van der Waals surface area contributed by atoms with Crippen molar-refractivity contribution in [3.63, 3.8) is 0 Å².